The maximum absolute atomic E-state index is 6.01. The van der Waals surface area contributed by atoms with E-state index in [2.05, 4.69) is 20.9 Å². The van der Waals surface area contributed by atoms with Crippen molar-refractivity contribution in [2.45, 2.75) is 38.3 Å². The van der Waals surface area contributed by atoms with Crippen LogP contribution in [0, 0.1) is 11.8 Å². The highest BCUT2D eigenvalue weighted by atomic mass is 15.3. The van der Waals surface area contributed by atoms with Crippen LogP contribution in [0.2, 0.25) is 0 Å². The van der Waals surface area contributed by atoms with Gasteiger partial charge in [-0.15, -0.1) is 0 Å². The molecular weight excluding hydrogens is 260 g/mol. The predicted molar refractivity (Wildman–Crippen MR) is 84.7 cm³/mol. The van der Waals surface area contributed by atoms with Crippen molar-refractivity contribution >= 4 is 5.82 Å². The van der Waals surface area contributed by atoms with Crippen LogP contribution in [-0.4, -0.2) is 47.0 Å². The van der Waals surface area contributed by atoms with Crippen LogP contribution in [0.4, 0.5) is 5.82 Å². The summed E-state index contributed by atoms with van der Waals surface area (Å²) in [5, 5.41) is 0. The van der Waals surface area contributed by atoms with Gasteiger partial charge in [-0.3, -0.25) is 9.80 Å². The number of pyridine rings is 1. The fraction of sp³-hybridized carbons (Fsp3) is 0.706. The largest absolute Gasteiger partial charge is 0.383 e. The van der Waals surface area contributed by atoms with E-state index in [1.54, 1.807) is 6.20 Å². The summed E-state index contributed by atoms with van der Waals surface area (Å²) in [6.45, 7) is 6.07. The first kappa shape index (κ1) is 13.5. The van der Waals surface area contributed by atoms with Gasteiger partial charge in [-0.25, -0.2) is 4.98 Å². The molecule has 2 N–H and O–H groups in total. The van der Waals surface area contributed by atoms with E-state index in [1.165, 1.54) is 57.4 Å². The zero-order valence-electron chi connectivity index (χ0n) is 12.7. The quantitative estimate of drug-likeness (QED) is 0.919. The fourth-order valence-electron chi connectivity index (χ4n) is 4.09. The molecule has 4 aliphatic rings. The summed E-state index contributed by atoms with van der Waals surface area (Å²) in [5.41, 5.74) is 7.20. The van der Waals surface area contributed by atoms with Crippen molar-refractivity contribution in [1.82, 2.24) is 14.8 Å². The third-order valence-corrected chi connectivity index (χ3v) is 5.41. The molecule has 21 heavy (non-hydrogen) atoms. The monoisotopic (exact) mass is 286 g/mol. The van der Waals surface area contributed by atoms with Gasteiger partial charge in [0.05, 0.1) is 0 Å². The number of rotatable bonds is 4. The molecule has 1 saturated carbocycles. The van der Waals surface area contributed by atoms with Crippen LogP contribution in [0.15, 0.2) is 18.3 Å². The van der Waals surface area contributed by atoms with Crippen molar-refractivity contribution < 1.29 is 0 Å². The van der Waals surface area contributed by atoms with Crippen molar-refractivity contribution in [1.29, 1.82) is 0 Å². The molecule has 3 saturated heterocycles. The molecule has 4 nitrogen and oxygen atoms in total. The molecule has 4 heteroatoms. The lowest BCUT2D eigenvalue weighted by molar-refractivity contribution is 0.125. The van der Waals surface area contributed by atoms with Crippen LogP contribution in [-0.2, 0) is 6.54 Å². The molecule has 0 amide bonds. The van der Waals surface area contributed by atoms with Gasteiger partial charge in [-0.05, 0) is 43.6 Å². The molecule has 1 aliphatic carbocycles. The molecule has 4 fully saturated rings. The lowest BCUT2D eigenvalue weighted by Crippen LogP contribution is -2.44. The van der Waals surface area contributed by atoms with Gasteiger partial charge in [0.2, 0.25) is 0 Å². The van der Waals surface area contributed by atoms with Crippen LogP contribution in [0.5, 0.6) is 0 Å². The number of anilines is 1. The molecule has 5 rings (SSSR count). The molecule has 0 aromatic carbocycles. The number of nitrogen functional groups attached to an aromatic ring is 1. The molecule has 0 radical (unpaired) electrons. The molecule has 1 aromatic heterocycles. The average Bonchev–Trinajstić information content (AvgIpc) is 3.29. The van der Waals surface area contributed by atoms with E-state index >= 15 is 0 Å². The predicted octanol–water partition coefficient (Wildman–Crippen LogP) is 1.97. The Morgan fingerprint density at radius 2 is 2.05 bits per heavy atom. The van der Waals surface area contributed by atoms with Gasteiger partial charge in [0.1, 0.15) is 5.82 Å². The van der Waals surface area contributed by atoms with Crippen LogP contribution in [0.1, 0.15) is 31.2 Å². The van der Waals surface area contributed by atoms with Crippen LogP contribution >= 0.6 is 0 Å². The normalized spacial score (nSPS) is 30.5. The number of hydrogen-bond acceptors (Lipinski definition) is 4. The lowest BCUT2D eigenvalue weighted by Gasteiger charge is -2.36. The summed E-state index contributed by atoms with van der Waals surface area (Å²) in [6.07, 6.45) is 7.50. The Morgan fingerprint density at radius 1 is 1.14 bits per heavy atom. The van der Waals surface area contributed by atoms with E-state index < -0.39 is 0 Å². The van der Waals surface area contributed by atoms with Crippen molar-refractivity contribution in [3.8, 4) is 0 Å². The number of aromatic nitrogens is 1. The number of fused-ring (bicyclic) bond motifs is 4. The molecule has 2 atom stereocenters. The molecule has 1 aromatic rings. The van der Waals surface area contributed by atoms with Gasteiger partial charge in [0.25, 0.3) is 0 Å². The summed E-state index contributed by atoms with van der Waals surface area (Å²) in [7, 11) is 0. The Labute approximate surface area is 127 Å². The number of piperidine rings is 1. The summed E-state index contributed by atoms with van der Waals surface area (Å²) >= 11 is 0. The van der Waals surface area contributed by atoms with Crippen LogP contribution < -0.4 is 5.73 Å². The van der Waals surface area contributed by atoms with E-state index in [9.17, 15) is 0 Å². The van der Waals surface area contributed by atoms with E-state index in [0.29, 0.717) is 5.82 Å². The Balaban J connectivity index is 1.44. The van der Waals surface area contributed by atoms with Gasteiger partial charge < -0.3 is 5.73 Å². The average molecular weight is 286 g/mol. The van der Waals surface area contributed by atoms with Crippen LogP contribution in [0.3, 0.4) is 0 Å². The first-order chi connectivity index (χ1) is 10.3. The first-order valence-electron chi connectivity index (χ1n) is 8.43. The summed E-state index contributed by atoms with van der Waals surface area (Å²) in [5.74, 6) is 2.55. The van der Waals surface area contributed by atoms with E-state index in [0.717, 1.165) is 24.4 Å². The highest BCUT2D eigenvalue weighted by Gasteiger charge is 2.37. The Morgan fingerprint density at radius 3 is 2.86 bits per heavy atom. The van der Waals surface area contributed by atoms with Gasteiger partial charge in [0, 0.05) is 50.5 Å². The van der Waals surface area contributed by atoms with Crippen molar-refractivity contribution in [2.24, 2.45) is 11.8 Å². The minimum atomic E-state index is 0.698. The van der Waals surface area contributed by atoms with Crippen molar-refractivity contribution in [2.75, 3.05) is 31.9 Å². The second-order valence-corrected chi connectivity index (χ2v) is 7.24. The Bertz CT molecular complexity index is 499. The minimum Gasteiger partial charge on any atom is -0.383 e. The number of nitrogens with zero attached hydrogens (tertiary/aromatic N) is 3. The fourth-order valence-corrected chi connectivity index (χ4v) is 4.09. The molecule has 2 bridgehead atoms. The second kappa shape index (κ2) is 5.58. The zero-order valence-corrected chi connectivity index (χ0v) is 12.7. The zero-order chi connectivity index (χ0) is 14.2. The molecule has 0 unspecified atom stereocenters. The first-order valence-corrected chi connectivity index (χ1v) is 8.43. The molecule has 0 spiro atoms. The Kier molecular flexibility index (Phi) is 3.59. The maximum Gasteiger partial charge on any atom is 0.127 e. The number of nitrogens with two attached hydrogens (primary N) is 1. The van der Waals surface area contributed by atoms with Crippen molar-refractivity contribution in [3.05, 3.63) is 23.9 Å². The SMILES string of the molecule is Nc1ncccc1CN1C[C@@H]2CC[C@H](C1)N(CC1CC1)C2. The van der Waals surface area contributed by atoms with E-state index in [4.69, 9.17) is 5.73 Å². The lowest BCUT2D eigenvalue weighted by atomic mass is 9.95. The standard InChI is InChI=1S/C17H26N4/c18-17-15(2-1-7-19-17)11-20-8-14-5-6-16(12-20)21(10-14)9-13-3-4-13/h1-2,7,13-14,16H,3-6,8-12H2,(H2,18,19)/t14-,16+/m0/s1. The summed E-state index contributed by atoms with van der Waals surface area (Å²) in [4.78, 5) is 9.63. The third kappa shape index (κ3) is 3.06. The van der Waals surface area contributed by atoms with E-state index in [1.807, 2.05) is 6.07 Å². The highest BCUT2D eigenvalue weighted by molar-refractivity contribution is 5.38. The smallest absolute Gasteiger partial charge is 0.127 e. The third-order valence-electron chi connectivity index (χ3n) is 5.41. The van der Waals surface area contributed by atoms with E-state index in [-0.39, 0.29) is 0 Å². The number of hydrogen-bond donors (Lipinski definition) is 1. The minimum absolute atomic E-state index is 0.698. The second-order valence-electron chi connectivity index (χ2n) is 7.24. The maximum atomic E-state index is 6.01. The van der Waals surface area contributed by atoms with Gasteiger partial charge in [-0.2, -0.15) is 0 Å². The molecular formula is C17H26N4. The van der Waals surface area contributed by atoms with Gasteiger partial charge in [0.15, 0.2) is 0 Å². The molecule has 4 heterocycles. The summed E-state index contributed by atoms with van der Waals surface area (Å²) < 4.78 is 0. The van der Waals surface area contributed by atoms with Gasteiger partial charge >= 0.3 is 0 Å². The Hall–Kier alpha value is -1.13. The van der Waals surface area contributed by atoms with Crippen molar-refractivity contribution in [3.63, 3.8) is 0 Å². The molecule has 114 valence electrons. The topological polar surface area (TPSA) is 45.4 Å². The van der Waals surface area contributed by atoms with Crippen LogP contribution in [0.25, 0.3) is 0 Å². The highest BCUT2D eigenvalue weighted by Crippen LogP contribution is 2.35. The molecule has 3 aliphatic heterocycles. The van der Waals surface area contributed by atoms with Gasteiger partial charge in [-0.1, -0.05) is 6.07 Å². The summed E-state index contributed by atoms with van der Waals surface area (Å²) in [6, 6.07) is 4.89.